The Morgan fingerprint density at radius 3 is 2.11 bits per heavy atom. The van der Waals surface area contributed by atoms with Crippen molar-refractivity contribution in [2.75, 3.05) is 0 Å². The van der Waals surface area contributed by atoms with Gasteiger partial charge in [-0.25, -0.2) is 9.18 Å². The topological polar surface area (TPSA) is 52.3 Å². The van der Waals surface area contributed by atoms with Gasteiger partial charge < -0.3 is 10.5 Å². The molecule has 0 fully saturated rings. The first kappa shape index (κ1) is 15.4. The zero-order chi connectivity index (χ0) is 14.8. The number of nitrogens with two attached hydrogens (primary N) is 1. The molecule has 1 atom stereocenters. The van der Waals surface area contributed by atoms with Crippen LogP contribution in [0.2, 0.25) is 0 Å². The minimum atomic E-state index is -5.08. The highest BCUT2D eigenvalue weighted by Crippen LogP contribution is 2.29. The minimum Gasteiger partial charge on any atom is -0.451 e. The predicted octanol–water partition coefficient (Wildman–Crippen LogP) is 2.71. The van der Waals surface area contributed by atoms with Crippen molar-refractivity contribution >= 4 is 5.97 Å². The standard InChI is InChI=1S/C12H13F4NO2/c1-11(2,19-10(18)12(14,15)16)9(17)7-3-5-8(13)6-4-7/h3-6,9H,17H2,1-2H3/t9-/m0/s1. The molecule has 7 heteroatoms. The molecule has 0 heterocycles. The predicted molar refractivity (Wildman–Crippen MR) is 59.6 cm³/mol. The second-order valence-electron chi connectivity index (χ2n) is 4.52. The Morgan fingerprint density at radius 2 is 1.68 bits per heavy atom. The van der Waals surface area contributed by atoms with Gasteiger partial charge in [-0.05, 0) is 31.5 Å². The Bertz CT molecular complexity index is 454. The SMILES string of the molecule is CC(C)(OC(=O)C(F)(F)F)[C@@H](N)c1ccc(F)cc1. The lowest BCUT2D eigenvalue weighted by molar-refractivity contribution is -0.213. The second kappa shape index (κ2) is 5.16. The summed E-state index contributed by atoms with van der Waals surface area (Å²) >= 11 is 0. The minimum absolute atomic E-state index is 0.362. The van der Waals surface area contributed by atoms with E-state index in [2.05, 4.69) is 4.74 Å². The molecule has 0 aliphatic heterocycles. The highest BCUT2D eigenvalue weighted by atomic mass is 19.4. The number of hydrogen-bond acceptors (Lipinski definition) is 3. The van der Waals surface area contributed by atoms with Gasteiger partial charge >= 0.3 is 12.1 Å². The van der Waals surface area contributed by atoms with Crippen LogP contribution < -0.4 is 5.73 Å². The van der Waals surface area contributed by atoms with E-state index in [9.17, 15) is 22.4 Å². The molecule has 1 aromatic rings. The smallest absolute Gasteiger partial charge is 0.451 e. The number of hydrogen-bond donors (Lipinski definition) is 1. The molecule has 0 unspecified atom stereocenters. The van der Waals surface area contributed by atoms with Crippen LogP contribution >= 0.6 is 0 Å². The van der Waals surface area contributed by atoms with Crippen molar-refractivity contribution in [3.8, 4) is 0 Å². The highest BCUT2D eigenvalue weighted by molar-refractivity contribution is 5.76. The summed E-state index contributed by atoms with van der Waals surface area (Å²) in [4.78, 5) is 10.8. The van der Waals surface area contributed by atoms with Gasteiger partial charge in [0.2, 0.25) is 0 Å². The molecule has 0 spiro atoms. The summed E-state index contributed by atoms with van der Waals surface area (Å²) in [6.07, 6.45) is -5.08. The number of halogens is 4. The van der Waals surface area contributed by atoms with E-state index in [-0.39, 0.29) is 0 Å². The molecule has 0 aliphatic rings. The summed E-state index contributed by atoms with van der Waals surface area (Å²) in [7, 11) is 0. The first-order valence-corrected chi connectivity index (χ1v) is 5.35. The molecule has 0 amide bonds. The quantitative estimate of drug-likeness (QED) is 0.683. The highest BCUT2D eigenvalue weighted by Gasteiger charge is 2.45. The van der Waals surface area contributed by atoms with Crippen molar-refractivity contribution in [2.45, 2.75) is 31.7 Å². The number of alkyl halides is 3. The number of carbonyl (C=O) groups is 1. The van der Waals surface area contributed by atoms with E-state index in [0.717, 1.165) is 12.1 Å². The Balaban J connectivity index is 2.87. The van der Waals surface area contributed by atoms with Crippen molar-refractivity contribution in [1.29, 1.82) is 0 Å². The molecule has 0 saturated heterocycles. The third kappa shape index (κ3) is 3.92. The van der Waals surface area contributed by atoms with Crippen molar-refractivity contribution < 1.29 is 27.1 Å². The Kier molecular flexibility index (Phi) is 4.19. The van der Waals surface area contributed by atoms with Crippen LogP contribution in [0, 0.1) is 5.82 Å². The van der Waals surface area contributed by atoms with Crippen LogP contribution in [-0.2, 0) is 9.53 Å². The lowest BCUT2D eigenvalue weighted by atomic mass is 9.92. The van der Waals surface area contributed by atoms with Gasteiger partial charge in [-0.1, -0.05) is 12.1 Å². The van der Waals surface area contributed by atoms with Crippen molar-refractivity contribution in [3.63, 3.8) is 0 Å². The second-order valence-corrected chi connectivity index (χ2v) is 4.52. The van der Waals surface area contributed by atoms with Gasteiger partial charge in [-0.15, -0.1) is 0 Å². The lowest BCUT2D eigenvalue weighted by Gasteiger charge is -2.31. The molecule has 3 nitrogen and oxygen atoms in total. The van der Waals surface area contributed by atoms with Gasteiger partial charge in [0, 0.05) is 0 Å². The largest absolute Gasteiger partial charge is 0.490 e. The van der Waals surface area contributed by atoms with Crippen LogP contribution in [0.25, 0.3) is 0 Å². The van der Waals surface area contributed by atoms with Crippen molar-refractivity contribution in [2.24, 2.45) is 5.73 Å². The normalized spacial score (nSPS) is 14.1. The molecule has 0 saturated carbocycles. The molecule has 1 rings (SSSR count). The fourth-order valence-corrected chi connectivity index (χ4v) is 1.43. The van der Waals surface area contributed by atoms with E-state index < -0.39 is 29.6 Å². The molecule has 1 aromatic carbocycles. The van der Waals surface area contributed by atoms with E-state index in [1.54, 1.807) is 0 Å². The monoisotopic (exact) mass is 279 g/mol. The molecule has 0 bridgehead atoms. The molecule has 0 radical (unpaired) electrons. The van der Waals surface area contributed by atoms with E-state index in [4.69, 9.17) is 5.73 Å². The van der Waals surface area contributed by atoms with E-state index >= 15 is 0 Å². The van der Waals surface area contributed by atoms with Crippen LogP contribution in [0.15, 0.2) is 24.3 Å². The molecular formula is C12H13F4NO2. The number of benzene rings is 1. The average molecular weight is 279 g/mol. The summed E-state index contributed by atoms with van der Waals surface area (Å²) in [6, 6.07) is 3.87. The van der Waals surface area contributed by atoms with Gasteiger partial charge in [0.25, 0.3) is 0 Å². The summed E-state index contributed by atoms with van der Waals surface area (Å²) in [5.41, 5.74) is 4.53. The Hall–Kier alpha value is -1.63. The number of carbonyl (C=O) groups excluding carboxylic acids is 1. The van der Waals surface area contributed by atoms with E-state index in [0.29, 0.717) is 5.56 Å². The maximum atomic E-state index is 12.7. The Labute approximate surface area is 107 Å². The van der Waals surface area contributed by atoms with Gasteiger partial charge in [-0.3, -0.25) is 0 Å². The van der Waals surface area contributed by atoms with Gasteiger partial charge in [0.05, 0.1) is 6.04 Å². The fourth-order valence-electron chi connectivity index (χ4n) is 1.43. The van der Waals surface area contributed by atoms with Crippen LogP contribution in [0.3, 0.4) is 0 Å². The maximum absolute atomic E-state index is 12.7. The van der Waals surface area contributed by atoms with Crippen LogP contribution in [0.4, 0.5) is 17.6 Å². The summed E-state index contributed by atoms with van der Waals surface area (Å²) in [5, 5.41) is 0. The van der Waals surface area contributed by atoms with Crippen LogP contribution in [-0.4, -0.2) is 17.7 Å². The molecule has 2 N–H and O–H groups in total. The third-order valence-corrected chi connectivity index (χ3v) is 2.57. The first-order valence-electron chi connectivity index (χ1n) is 5.35. The zero-order valence-electron chi connectivity index (χ0n) is 10.3. The molecule has 0 aliphatic carbocycles. The van der Waals surface area contributed by atoms with Crippen molar-refractivity contribution in [3.05, 3.63) is 35.6 Å². The molecule has 19 heavy (non-hydrogen) atoms. The fraction of sp³-hybridized carbons (Fsp3) is 0.417. The number of ether oxygens (including phenoxy) is 1. The number of rotatable bonds is 3. The maximum Gasteiger partial charge on any atom is 0.490 e. The zero-order valence-corrected chi connectivity index (χ0v) is 10.3. The van der Waals surface area contributed by atoms with Crippen LogP contribution in [0.5, 0.6) is 0 Å². The van der Waals surface area contributed by atoms with E-state index in [1.165, 1.54) is 26.0 Å². The van der Waals surface area contributed by atoms with Gasteiger partial charge in [0.15, 0.2) is 0 Å². The van der Waals surface area contributed by atoms with Gasteiger partial charge in [-0.2, -0.15) is 13.2 Å². The average Bonchev–Trinajstić information content (AvgIpc) is 2.27. The third-order valence-electron chi connectivity index (χ3n) is 2.57. The number of esters is 1. The van der Waals surface area contributed by atoms with E-state index in [1.807, 2.05) is 0 Å². The summed E-state index contributed by atoms with van der Waals surface area (Å²) in [5.74, 6) is -2.81. The Morgan fingerprint density at radius 1 is 1.21 bits per heavy atom. The first-order chi connectivity index (χ1) is 8.54. The molecule has 106 valence electrons. The van der Waals surface area contributed by atoms with Gasteiger partial charge in [0.1, 0.15) is 11.4 Å². The van der Waals surface area contributed by atoms with Crippen LogP contribution in [0.1, 0.15) is 25.5 Å². The summed E-state index contributed by atoms with van der Waals surface area (Å²) in [6.45, 7) is 2.51. The lowest BCUT2D eigenvalue weighted by Crippen LogP contribution is -2.43. The summed E-state index contributed by atoms with van der Waals surface area (Å²) < 4.78 is 53.5. The molecular weight excluding hydrogens is 266 g/mol. The van der Waals surface area contributed by atoms with Crippen molar-refractivity contribution in [1.82, 2.24) is 0 Å². The molecule has 0 aromatic heterocycles.